The third-order valence-electron chi connectivity index (χ3n) is 5.05. The van der Waals surface area contributed by atoms with E-state index in [2.05, 4.69) is 20.4 Å². The standard InChI is InChI=1S/C24H20N6OS/c1-3-30-23-18(14-25-30)17(13-19(27-23)20-10-7-11-32-20)24(31)29-21-12-15(2)26-22(28-21)16-8-5-4-6-9-16/h4-14H,3H2,1-2H3,(H,26,28,29,31). The van der Waals surface area contributed by atoms with Gasteiger partial charge in [0.15, 0.2) is 11.5 Å². The fourth-order valence-corrected chi connectivity index (χ4v) is 4.24. The van der Waals surface area contributed by atoms with Crippen LogP contribution >= 0.6 is 11.3 Å². The van der Waals surface area contributed by atoms with Crippen molar-refractivity contribution >= 4 is 34.1 Å². The summed E-state index contributed by atoms with van der Waals surface area (Å²) in [4.78, 5) is 28.2. The van der Waals surface area contributed by atoms with Gasteiger partial charge >= 0.3 is 0 Å². The lowest BCUT2D eigenvalue weighted by Gasteiger charge is -2.10. The molecule has 0 aliphatic rings. The number of carbonyl (C=O) groups excluding carboxylic acids is 1. The smallest absolute Gasteiger partial charge is 0.257 e. The molecule has 0 atom stereocenters. The number of nitrogens with one attached hydrogen (secondary N) is 1. The van der Waals surface area contributed by atoms with Crippen molar-refractivity contribution in [1.29, 1.82) is 0 Å². The first-order valence-electron chi connectivity index (χ1n) is 10.3. The highest BCUT2D eigenvalue weighted by Crippen LogP contribution is 2.28. The lowest BCUT2D eigenvalue weighted by atomic mass is 10.1. The quantitative estimate of drug-likeness (QED) is 0.406. The second kappa shape index (κ2) is 8.32. The number of aromatic nitrogens is 5. The Morgan fingerprint density at radius 2 is 1.91 bits per heavy atom. The molecule has 4 aromatic heterocycles. The average molecular weight is 441 g/mol. The van der Waals surface area contributed by atoms with Crippen molar-refractivity contribution in [3.8, 4) is 22.0 Å². The second-order valence-corrected chi connectivity index (χ2v) is 8.22. The van der Waals surface area contributed by atoms with Gasteiger partial charge in [-0.2, -0.15) is 5.10 Å². The summed E-state index contributed by atoms with van der Waals surface area (Å²) in [6, 6.07) is 17.2. The van der Waals surface area contributed by atoms with Crippen LogP contribution in [0.4, 0.5) is 5.82 Å². The van der Waals surface area contributed by atoms with Gasteiger partial charge in [0, 0.05) is 23.9 Å². The van der Waals surface area contributed by atoms with Crippen molar-refractivity contribution in [3.05, 3.63) is 77.4 Å². The van der Waals surface area contributed by atoms with E-state index in [1.807, 2.05) is 67.8 Å². The number of rotatable bonds is 5. The van der Waals surface area contributed by atoms with E-state index >= 15 is 0 Å². The molecule has 0 aliphatic heterocycles. The van der Waals surface area contributed by atoms with E-state index < -0.39 is 0 Å². The summed E-state index contributed by atoms with van der Waals surface area (Å²) in [6.07, 6.45) is 1.69. The molecule has 0 fully saturated rings. The molecule has 1 amide bonds. The number of fused-ring (bicyclic) bond motifs is 1. The maximum atomic E-state index is 13.4. The van der Waals surface area contributed by atoms with Crippen LogP contribution in [0.25, 0.3) is 33.0 Å². The Kier molecular flexibility index (Phi) is 5.20. The summed E-state index contributed by atoms with van der Waals surface area (Å²) in [7, 11) is 0. The molecule has 0 bridgehead atoms. The van der Waals surface area contributed by atoms with E-state index in [0.717, 1.165) is 21.8 Å². The zero-order chi connectivity index (χ0) is 22.1. The number of benzene rings is 1. The Morgan fingerprint density at radius 3 is 2.66 bits per heavy atom. The fourth-order valence-electron chi connectivity index (χ4n) is 3.55. The molecule has 1 aromatic carbocycles. The maximum absolute atomic E-state index is 13.4. The number of pyridine rings is 1. The van der Waals surface area contributed by atoms with Gasteiger partial charge in [-0.3, -0.25) is 4.79 Å². The van der Waals surface area contributed by atoms with E-state index in [4.69, 9.17) is 4.98 Å². The Hall–Kier alpha value is -3.91. The molecular formula is C24H20N6OS. The second-order valence-electron chi connectivity index (χ2n) is 7.27. The van der Waals surface area contributed by atoms with Crippen LogP contribution in [0.1, 0.15) is 23.0 Å². The normalized spacial score (nSPS) is 11.1. The predicted octanol–water partition coefficient (Wildman–Crippen LogP) is 5.20. The van der Waals surface area contributed by atoms with Crippen LogP contribution in [0.15, 0.2) is 66.2 Å². The molecule has 8 heteroatoms. The van der Waals surface area contributed by atoms with Gasteiger partial charge in [-0.15, -0.1) is 11.3 Å². The largest absolute Gasteiger partial charge is 0.306 e. The molecular weight excluding hydrogens is 420 g/mol. The van der Waals surface area contributed by atoms with Crippen molar-refractivity contribution in [3.63, 3.8) is 0 Å². The summed E-state index contributed by atoms with van der Waals surface area (Å²) >= 11 is 1.58. The lowest BCUT2D eigenvalue weighted by molar-refractivity contribution is 0.102. The highest BCUT2D eigenvalue weighted by molar-refractivity contribution is 7.13. The van der Waals surface area contributed by atoms with E-state index in [-0.39, 0.29) is 5.91 Å². The van der Waals surface area contributed by atoms with Gasteiger partial charge in [-0.25, -0.2) is 19.6 Å². The number of thiophene rings is 1. The summed E-state index contributed by atoms with van der Waals surface area (Å²) in [5.74, 6) is 0.758. The average Bonchev–Trinajstić information content (AvgIpc) is 3.48. The summed E-state index contributed by atoms with van der Waals surface area (Å²) in [5.41, 5.74) is 3.61. The van der Waals surface area contributed by atoms with Gasteiger partial charge < -0.3 is 5.32 Å². The zero-order valence-corrected chi connectivity index (χ0v) is 18.4. The van der Waals surface area contributed by atoms with Gasteiger partial charge in [-0.1, -0.05) is 36.4 Å². The van der Waals surface area contributed by atoms with Crippen molar-refractivity contribution in [2.45, 2.75) is 20.4 Å². The van der Waals surface area contributed by atoms with Crippen molar-refractivity contribution in [2.75, 3.05) is 5.32 Å². The molecule has 158 valence electrons. The van der Waals surface area contributed by atoms with Gasteiger partial charge in [0.25, 0.3) is 5.91 Å². The van der Waals surface area contributed by atoms with Crippen LogP contribution in [0.5, 0.6) is 0 Å². The highest BCUT2D eigenvalue weighted by atomic mass is 32.1. The number of hydrogen-bond acceptors (Lipinski definition) is 6. The van der Waals surface area contributed by atoms with Crippen LogP contribution in [0.3, 0.4) is 0 Å². The lowest BCUT2D eigenvalue weighted by Crippen LogP contribution is -2.15. The topological polar surface area (TPSA) is 85.6 Å². The van der Waals surface area contributed by atoms with E-state index in [1.54, 1.807) is 28.3 Å². The van der Waals surface area contributed by atoms with Gasteiger partial charge in [0.1, 0.15) is 5.82 Å². The minimum absolute atomic E-state index is 0.261. The summed E-state index contributed by atoms with van der Waals surface area (Å²) < 4.78 is 1.80. The molecule has 0 saturated carbocycles. The van der Waals surface area contributed by atoms with Crippen LogP contribution in [-0.4, -0.2) is 30.6 Å². The van der Waals surface area contributed by atoms with Crippen molar-refractivity contribution in [1.82, 2.24) is 24.7 Å². The van der Waals surface area contributed by atoms with Crippen LogP contribution in [0, 0.1) is 6.92 Å². The molecule has 32 heavy (non-hydrogen) atoms. The van der Waals surface area contributed by atoms with Gasteiger partial charge in [-0.05, 0) is 31.4 Å². The molecule has 0 unspecified atom stereocenters. The summed E-state index contributed by atoms with van der Waals surface area (Å²) in [6.45, 7) is 4.55. The molecule has 0 saturated heterocycles. The Balaban J connectivity index is 1.56. The molecule has 5 aromatic rings. The first-order valence-corrected chi connectivity index (χ1v) is 11.1. The van der Waals surface area contributed by atoms with E-state index in [1.165, 1.54) is 0 Å². The van der Waals surface area contributed by atoms with Crippen LogP contribution in [-0.2, 0) is 6.54 Å². The van der Waals surface area contributed by atoms with Gasteiger partial charge in [0.2, 0.25) is 0 Å². The van der Waals surface area contributed by atoms with Crippen LogP contribution < -0.4 is 5.32 Å². The fraction of sp³-hybridized carbons (Fsp3) is 0.125. The highest BCUT2D eigenvalue weighted by Gasteiger charge is 2.18. The maximum Gasteiger partial charge on any atom is 0.257 e. The number of anilines is 1. The minimum atomic E-state index is -0.261. The number of nitrogens with zero attached hydrogens (tertiary/aromatic N) is 5. The summed E-state index contributed by atoms with van der Waals surface area (Å²) in [5, 5.41) is 10.1. The number of amides is 1. The molecule has 0 spiro atoms. The Labute approximate surface area is 188 Å². The molecule has 0 radical (unpaired) electrons. The first-order chi connectivity index (χ1) is 15.6. The van der Waals surface area contributed by atoms with Crippen molar-refractivity contribution in [2.24, 2.45) is 0 Å². The van der Waals surface area contributed by atoms with Crippen LogP contribution in [0.2, 0.25) is 0 Å². The molecule has 7 nitrogen and oxygen atoms in total. The van der Waals surface area contributed by atoms with E-state index in [0.29, 0.717) is 34.8 Å². The number of hydrogen-bond donors (Lipinski definition) is 1. The third kappa shape index (κ3) is 3.76. The number of aryl methyl sites for hydroxylation is 2. The van der Waals surface area contributed by atoms with Gasteiger partial charge in [0.05, 0.1) is 27.7 Å². The predicted molar refractivity (Wildman–Crippen MR) is 127 cm³/mol. The van der Waals surface area contributed by atoms with E-state index in [9.17, 15) is 4.79 Å². The van der Waals surface area contributed by atoms with Crippen molar-refractivity contribution < 1.29 is 4.79 Å². The first kappa shape index (κ1) is 20.0. The third-order valence-corrected chi connectivity index (χ3v) is 5.95. The minimum Gasteiger partial charge on any atom is -0.306 e. The number of carbonyl (C=O) groups is 1. The monoisotopic (exact) mass is 440 g/mol. The SMILES string of the molecule is CCn1ncc2c(C(=O)Nc3cc(C)nc(-c4ccccc4)n3)cc(-c3cccs3)nc21. The Bertz CT molecular complexity index is 1410. The zero-order valence-electron chi connectivity index (χ0n) is 17.6. The Morgan fingerprint density at radius 1 is 1.06 bits per heavy atom. The molecule has 5 rings (SSSR count). The molecule has 4 heterocycles. The molecule has 0 aliphatic carbocycles. The molecule has 1 N–H and O–H groups in total.